The quantitative estimate of drug-likeness (QED) is 0.709. The molecule has 0 N–H and O–H groups in total. The zero-order valence-electron chi connectivity index (χ0n) is 9.63. The first-order chi connectivity index (χ1) is 8.16. The molecule has 0 spiro atoms. The summed E-state index contributed by atoms with van der Waals surface area (Å²) in [5.41, 5.74) is 1.10. The van der Waals surface area contributed by atoms with Gasteiger partial charge in [0.25, 0.3) is 0 Å². The fourth-order valence-electron chi connectivity index (χ4n) is 2.28. The van der Waals surface area contributed by atoms with E-state index in [1.54, 1.807) is 11.3 Å². The van der Waals surface area contributed by atoms with Gasteiger partial charge in [0.1, 0.15) is 0 Å². The van der Waals surface area contributed by atoms with Crippen LogP contribution >= 0.6 is 22.9 Å². The lowest BCUT2D eigenvalue weighted by Gasteiger charge is -2.23. The van der Waals surface area contributed by atoms with Crippen LogP contribution in [0.3, 0.4) is 0 Å². The Morgan fingerprint density at radius 1 is 1.41 bits per heavy atom. The summed E-state index contributed by atoms with van der Waals surface area (Å²) in [6.07, 6.45) is 3.33. The molecule has 0 aliphatic heterocycles. The second-order valence-electron chi connectivity index (χ2n) is 4.69. The molecule has 1 aliphatic rings. The van der Waals surface area contributed by atoms with Crippen LogP contribution in [-0.4, -0.2) is 5.78 Å². The summed E-state index contributed by atoms with van der Waals surface area (Å²) in [5, 5.41) is 1.87. The first-order valence-corrected chi connectivity index (χ1v) is 7.09. The Labute approximate surface area is 109 Å². The summed E-state index contributed by atoms with van der Waals surface area (Å²) < 4.78 is 1.16. The van der Waals surface area contributed by atoms with Crippen LogP contribution in [0.5, 0.6) is 0 Å². The van der Waals surface area contributed by atoms with Crippen molar-refractivity contribution in [3.8, 4) is 0 Å². The molecule has 2 aromatic rings. The maximum atomic E-state index is 12.3. The smallest absolute Gasteiger partial charge is 0.176 e. The number of carbonyl (C=O) groups excluding carboxylic acids is 1. The average molecular weight is 265 g/mol. The van der Waals surface area contributed by atoms with Gasteiger partial charge in [-0.25, -0.2) is 0 Å². The minimum atomic E-state index is 0.275. The van der Waals surface area contributed by atoms with Crippen molar-refractivity contribution in [3.63, 3.8) is 0 Å². The summed E-state index contributed by atoms with van der Waals surface area (Å²) in [6, 6.07) is 5.85. The molecule has 1 aliphatic carbocycles. The largest absolute Gasteiger partial charge is 0.293 e. The van der Waals surface area contributed by atoms with E-state index < -0.39 is 0 Å². The van der Waals surface area contributed by atoms with E-state index in [2.05, 4.69) is 0 Å². The molecule has 1 aromatic carbocycles. The lowest BCUT2D eigenvalue weighted by molar-refractivity contribution is 0.0859. The maximum absolute atomic E-state index is 12.3. The number of hydrogen-bond donors (Lipinski definition) is 0. The van der Waals surface area contributed by atoms with E-state index in [0.29, 0.717) is 5.78 Å². The first kappa shape index (κ1) is 11.2. The molecule has 1 saturated carbocycles. The Kier molecular flexibility index (Phi) is 2.72. The van der Waals surface area contributed by atoms with Gasteiger partial charge in [0.05, 0.1) is 4.88 Å². The highest BCUT2D eigenvalue weighted by Gasteiger charge is 2.28. The van der Waals surface area contributed by atoms with E-state index in [4.69, 9.17) is 11.6 Å². The normalized spacial score (nSPS) is 16.1. The third-order valence-corrected chi connectivity index (χ3v) is 5.12. The predicted molar refractivity (Wildman–Crippen MR) is 73.2 cm³/mol. The van der Waals surface area contributed by atoms with Crippen LogP contribution < -0.4 is 0 Å². The molecule has 0 unspecified atom stereocenters. The highest BCUT2D eigenvalue weighted by Crippen LogP contribution is 2.37. The predicted octanol–water partition coefficient (Wildman–Crippen LogP) is 4.85. The monoisotopic (exact) mass is 264 g/mol. The third kappa shape index (κ3) is 1.80. The second-order valence-corrected chi connectivity index (χ2v) is 6.18. The minimum absolute atomic E-state index is 0.275. The molecule has 0 saturated heterocycles. The topological polar surface area (TPSA) is 17.1 Å². The number of aryl methyl sites for hydroxylation is 1. The fourth-order valence-corrected chi connectivity index (χ4v) is 3.66. The van der Waals surface area contributed by atoms with Crippen LogP contribution in [0.4, 0.5) is 0 Å². The summed E-state index contributed by atoms with van der Waals surface area (Å²) in [4.78, 5) is 13.2. The van der Waals surface area contributed by atoms with Gasteiger partial charge in [-0.15, -0.1) is 11.3 Å². The number of Topliss-reactive ketones (excluding diaryl/α,β-unsaturated/α-hetero) is 1. The SMILES string of the molecule is Cc1c(C(=O)C2CCC2)sc2ccc(Cl)cc12. The second kappa shape index (κ2) is 4.11. The van der Waals surface area contributed by atoms with Gasteiger partial charge in [0, 0.05) is 15.6 Å². The Hall–Kier alpha value is -0.860. The number of ketones is 1. The molecular formula is C14H13ClOS. The van der Waals surface area contributed by atoms with Crippen LogP contribution in [0.15, 0.2) is 18.2 Å². The summed E-state index contributed by atoms with van der Waals surface area (Å²) in [7, 11) is 0. The lowest BCUT2D eigenvalue weighted by atomic mass is 9.81. The van der Waals surface area contributed by atoms with Gasteiger partial charge in [-0.1, -0.05) is 18.0 Å². The van der Waals surface area contributed by atoms with E-state index in [-0.39, 0.29) is 5.92 Å². The molecular weight excluding hydrogens is 252 g/mol. The van der Waals surface area contributed by atoms with Crippen LogP contribution in [0, 0.1) is 12.8 Å². The Morgan fingerprint density at radius 3 is 2.82 bits per heavy atom. The molecule has 1 heterocycles. The van der Waals surface area contributed by atoms with E-state index in [9.17, 15) is 4.79 Å². The zero-order chi connectivity index (χ0) is 12.0. The van der Waals surface area contributed by atoms with E-state index in [1.165, 1.54) is 6.42 Å². The molecule has 1 nitrogen and oxygen atoms in total. The van der Waals surface area contributed by atoms with Crippen LogP contribution in [0.25, 0.3) is 10.1 Å². The average Bonchev–Trinajstić information content (AvgIpc) is 2.54. The summed E-state index contributed by atoms with van der Waals surface area (Å²) >= 11 is 7.61. The fraction of sp³-hybridized carbons (Fsp3) is 0.357. The first-order valence-electron chi connectivity index (χ1n) is 5.89. The van der Waals surface area contributed by atoms with Gasteiger partial charge in [0.15, 0.2) is 5.78 Å². The van der Waals surface area contributed by atoms with Gasteiger partial charge < -0.3 is 0 Å². The molecule has 3 heteroatoms. The highest BCUT2D eigenvalue weighted by atomic mass is 35.5. The molecule has 0 atom stereocenters. The summed E-state index contributed by atoms with van der Waals surface area (Å²) in [6.45, 7) is 2.03. The lowest BCUT2D eigenvalue weighted by Crippen LogP contribution is -2.21. The number of thiophene rings is 1. The summed E-state index contributed by atoms with van der Waals surface area (Å²) in [5.74, 6) is 0.614. The van der Waals surface area contributed by atoms with Crippen LogP contribution in [-0.2, 0) is 0 Å². The molecule has 0 radical (unpaired) electrons. The van der Waals surface area contributed by atoms with Crippen molar-refractivity contribution in [2.24, 2.45) is 5.92 Å². The number of hydrogen-bond acceptors (Lipinski definition) is 2. The van der Waals surface area contributed by atoms with Gasteiger partial charge in [0.2, 0.25) is 0 Å². The molecule has 0 amide bonds. The number of benzene rings is 1. The number of carbonyl (C=O) groups is 1. The van der Waals surface area contributed by atoms with E-state index >= 15 is 0 Å². The van der Waals surface area contributed by atoms with Crippen molar-refractivity contribution < 1.29 is 4.79 Å². The van der Waals surface area contributed by atoms with Crippen molar-refractivity contribution >= 4 is 38.8 Å². The van der Waals surface area contributed by atoms with Gasteiger partial charge in [-0.3, -0.25) is 4.79 Å². The highest BCUT2D eigenvalue weighted by molar-refractivity contribution is 7.21. The van der Waals surface area contributed by atoms with E-state index in [0.717, 1.165) is 38.4 Å². The number of halogens is 1. The van der Waals surface area contributed by atoms with Gasteiger partial charge in [-0.2, -0.15) is 0 Å². The van der Waals surface area contributed by atoms with Crippen LogP contribution in [0.2, 0.25) is 5.02 Å². The maximum Gasteiger partial charge on any atom is 0.176 e. The van der Waals surface area contributed by atoms with Crippen molar-refractivity contribution in [3.05, 3.63) is 33.7 Å². The Morgan fingerprint density at radius 2 is 2.18 bits per heavy atom. The van der Waals surface area contributed by atoms with Crippen molar-refractivity contribution in [2.75, 3.05) is 0 Å². The van der Waals surface area contributed by atoms with E-state index in [1.807, 2.05) is 25.1 Å². The molecule has 0 bridgehead atoms. The molecule has 1 aromatic heterocycles. The zero-order valence-corrected chi connectivity index (χ0v) is 11.2. The molecule has 88 valence electrons. The third-order valence-electron chi connectivity index (χ3n) is 3.60. The molecule has 3 rings (SSSR count). The minimum Gasteiger partial charge on any atom is -0.293 e. The number of rotatable bonds is 2. The van der Waals surface area contributed by atoms with Crippen LogP contribution in [0.1, 0.15) is 34.5 Å². The Bertz CT molecular complexity index is 596. The van der Waals surface area contributed by atoms with Gasteiger partial charge in [-0.05, 0) is 48.9 Å². The van der Waals surface area contributed by atoms with Crippen molar-refractivity contribution in [2.45, 2.75) is 26.2 Å². The molecule has 1 fully saturated rings. The van der Waals surface area contributed by atoms with Gasteiger partial charge >= 0.3 is 0 Å². The van der Waals surface area contributed by atoms with Crippen molar-refractivity contribution in [1.82, 2.24) is 0 Å². The Balaban J connectivity index is 2.10. The van der Waals surface area contributed by atoms with Crippen molar-refractivity contribution in [1.29, 1.82) is 0 Å². The molecule has 17 heavy (non-hydrogen) atoms. The standard InChI is InChI=1S/C14H13ClOS/c1-8-11-7-10(15)5-6-12(11)17-14(8)13(16)9-3-2-4-9/h5-7,9H,2-4H2,1H3. The number of fused-ring (bicyclic) bond motifs is 1.